The van der Waals surface area contributed by atoms with Crippen molar-refractivity contribution in [2.45, 2.75) is 44.9 Å². The van der Waals surface area contributed by atoms with E-state index in [1.807, 2.05) is 5.38 Å². The number of ether oxygens (including phenoxy) is 1. The maximum Gasteiger partial charge on any atom is 0.258 e. The first-order valence-electron chi connectivity index (χ1n) is 7.08. The van der Waals surface area contributed by atoms with Gasteiger partial charge in [-0.3, -0.25) is 9.20 Å². The van der Waals surface area contributed by atoms with Crippen molar-refractivity contribution in [3.63, 3.8) is 0 Å². The highest BCUT2D eigenvalue weighted by Crippen LogP contribution is 2.17. The first-order chi connectivity index (χ1) is 9.78. The van der Waals surface area contributed by atoms with Gasteiger partial charge in [0.05, 0.1) is 11.8 Å². The van der Waals surface area contributed by atoms with E-state index in [4.69, 9.17) is 4.74 Å². The van der Waals surface area contributed by atoms with Crippen LogP contribution in [0.25, 0.3) is 4.96 Å². The van der Waals surface area contributed by atoms with Crippen LogP contribution in [-0.4, -0.2) is 28.1 Å². The van der Waals surface area contributed by atoms with Crippen LogP contribution in [0.1, 0.15) is 31.9 Å². The van der Waals surface area contributed by atoms with Crippen LogP contribution in [0.4, 0.5) is 0 Å². The molecule has 0 radical (unpaired) electrons. The zero-order valence-corrected chi connectivity index (χ0v) is 12.4. The molecule has 1 aliphatic rings. The van der Waals surface area contributed by atoms with Crippen LogP contribution in [0.3, 0.4) is 0 Å². The molecule has 20 heavy (non-hydrogen) atoms. The highest BCUT2D eigenvalue weighted by atomic mass is 32.1. The molecule has 1 N–H and O–H groups in total. The van der Waals surface area contributed by atoms with Crippen LogP contribution < -0.4 is 10.9 Å². The molecule has 2 aromatic heterocycles. The van der Waals surface area contributed by atoms with Crippen LogP contribution in [0.5, 0.6) is 0 Å². The van der Waals surface area contributed by atoms with Gasteiger partial charge in [-0.1, -0.05) is 6.92 Å². The SMILES string of the molecule is CC[C@H](NCc1cc(=O)n2ccsc2n1)[C@@H]1CCCO1. The molecule has 3 rings (SSSR count). The number of fused-ring (bicyclic) bond motifs is 1. The van der Waals surface area contributed by atoms with E-state index in [0.29, 0.717) is 18.7 Å². The largest absolute Gasteiger partial charge is 0.377 e. The summed E-state index contributed by atoms with van der Waals surface area (Å²) in [5.74, 6) is 0. The van der Waals surface area contributed by atoms with Gasteiger partial charge in [-0.25, -0.2) is 4.98 Å². The average molecular weight is 293 g/mol. The Morgan fingerprint density at radius 2 is 2.55 bits per heavy atom. The van der Waals surface area contributed by atoms with Gasteiger partial charge in [0.2, 0.25) is 0 Å². The molecule has 0 saturated carbocycles. The molecule has 0 bridgehead atoms. The van der Waals surface area contributed by atoms with Gasteiger partial charge in [0.25, 0.3) is 5.56 Å². The summed E-state index contributed by atoms with van der Waals surface area (Å²) in [7, 11) is 0. The van der Waals surface area contributed by atoms with E-state index in [0.717, 1.165) is 36.5 Å². The molecule has 1 saturated heterocycles. The number of aromatic nitrogens is 2. The second kappa shape index (κ2) is 6.03. The van der Waals surface area contributed by atoms with Gasteiger partial charge in [0, 0.05) is 36.8 Å². The lowest BCUT2D eigenvalue weighted by molar-refractivity contribution is 0.0763. The monoisotopic (exact) mass is 293 g/mol. The van der Waals surface area contributed by atoms with Crippen molar-refractivity contribution in [2.75, 3.05) is 6.61 Å². The molecule has 0 spiro atoms. The zero-order valence-electron chi connectivity index (χ0n) is 11.5. The third-order valence-electron chi connectivity index (χ3n) is 3.76. The normalized spacial score (nSPS) is 20.6. The van der Waals surface area contributed by atoms with E-state index in [2.05, 4.69) is 17.2 Å². The number of rotatable bonds is 5. The van der Waals surface area contributed by atoms with Crippen molar-refractivity contribution in [1.82, 2.24) is 14.7 Å². The fourth-order valence-corrected chi connectivity index (χ4v) is 3.41. The number of nitrogens with zero attached hydrogens (tertiary/aromatic N) is 2. The van der Waals surface area contributed by atoms with Crippen LogP contribution in [0, 0.1) is 0 Å². The Kier molecular flexibility index (Phi) is 4.14. The molecule has 0 unspecified atom stereocenters. The topological polar surface area (TPSA) is 55.6 Å². The van der Waals surface area contributed by atoms with Gasteiger partial charge in [-0.2, -0.15) is 0 Å². The van der Waals surface area contributed by atoms with Crippen molar-refractivity contribution in [2.24, 2.45) is 0 Å². The average Bonchev–Trinajstić information content (AvgIpc) is 3.10. The predicted molar refractivity (Wildman–Crippen MR) is 79.2 cm³/mol. The summed E-state index contributed by atoms with van der Waals surface area (Å²) >= 11 is 1.48. The van der Waals surface area contributed by atoms with Gasteiger partial charge in [-0.15, -0.1) is 11.3 Å². The van der Waals surface area contributed by atoms with E-state index in [9.17, 15) is 4.79 Å². The lowest BCUT2D eigenvalue weighted by atomic mass is 10.1. The number of hydrogen-bond donors (Lipinski definition) is 1. The summed E-state index contributed by atoms with van der Waals surface area (Å²) in [4.78, 5) is 17.2. The van der Waals surface area contributed by atoms with Crippen molar-refractivity contribution >= 4 is 16.3 Å². The van der Waals surface area contributed by atoms with Crippen LogP contribution in [-0.2, 0) is 11.3 Å². The highest BCUT2D eigenvalue weighted by Gasteiger charge is 2.24. The smallest absolute Gasteiger partial charge is 0.258 e. The van der Waals surface area contributed by atoms with E-state index in [1.54, 1.807) is 16.7 Å². The number of hydrogen-bond acceptors (Lipinski definition) is 5. The summed E-state index contributed by atoms with van der Waals surface area (Å²) in [6.07, 6.45) is 5.33. The Bertz CT molecular complexity index is 631. The molecule has 0 amide bonds. The number of thiazole rings is 1. The zero-order chi connectivity index (χ0) is 13.9. The van der Waals surface area contributed by atoms with Gasteiger partial charge in [0.1, 0.15) is 0 Å². The second-order valence-electron chi connectivity index (χ2n) is 5.09. The molecule has 6 heteroatoms. The molecule has 0 aliphatic carbocycles. The second-order valence-corrected chi connectivity index (χ2v) is 5.96. The molecule has 5 nitrogen and oxygen atoms in total. The minimum atomic E-state index is -0.0155. The van der Waals surface area contributed by atoms with Crippen molar-refractivity contribution in [1.29, 1.82) is 0 Å². The van der Waals surface area contributed by atoms with Crippen molar-refractivity contribution in [3.8, 4) is 0 Å². The first kappa shape index (κ1) is 13.7. The highest BCUT2D eigenvalue weighted by molar-refractivity contribution is 7.15. The molecule has 0 aromatic carbocycles. The summed E-state index contributed by atoms with van der Waals surface area (Å²) < 4.78 is 7.30. The van der Waals surface area contributed by atoms with Gasteiger partial charge >= 0.3 is 0 Å². The fourth-order valence-electron chi connectivity index (χ4n) is 2.67. The van der Waals surface area contributed by atoms with E-state index in [1.165, 1.54) is 11.3 Å². The third-order valence-corrected chi connectivity index (χ3v) is 4.51. The van der Waals surface area contributed by atoms with Crippen molar-refractivity contribution < 1.29 is 4.74 Å². The first-order valence-corrected chi connectivity index (χ1v) is 7.96. The summed E-state index contributed by atoms with van der Waals surface area (Å²) in [5, 5.41) is 5.36. The summed E-state index contributed by atoms with van der Waals surface area (Å²) in [5.41, 5.74) is 0.784. The molecule has 1 fully saturated rings. The molecular formula is C14H19N3O2S. The summed E-state index contributed by atoms with van der Waals surface area (Å²) in [6, 6.07) is 1.94. The minimum Gasteiger partial charge on any atom is -0.377 e. The Morgan fingerprint density at radius 3 is 3.30 bits per heavy atom. The van der Waals surface area contributed by atoms with Gasteiger partial charge in [-0.05, 0) is 19.3 Å². The molecule has 1 aliphatic heterocycles. The van der Waals surface area contributed by atoms with E-state index < -0.39 is 0 Å². The van der Waals surface area contributed by atoms with E-state index in [-0.39, 0.29) is 5.56 Å². The van der Waals surface area contributed by atoms with Gasteiger partial charge in [0.15, 0.2) is 4.96 Å². The van der Waals surface area contributed by atoms with Crippen LogP contribution >= 0.6 is 11.3 Å². The fraction of sp³-hybridized carbons (Fsp3) is 0.571. The Balaban J connectivity index is 1.70. The summed E-state index contributed by atoms with van der Waals surface area (Å²) in [6.45, 7) is 3.63. The van der Waals surface area contributed by atoms with Crippen molar-refractivity contribution in [3.05, 3.63) is 33.7 Å². The third kappa shape index (κ3) is 2.77. The molecule has 2 atom stereocenters. The molecule has 3 heterocycles. The maximum absolute atomic E-state index is 11.9. The Morgan fingerprint density at radius 1 is 1.65 bits per heavy atom. The lowest BCUT2D eigenvalue weighted by Crippen LogP contribution is -2.39. The lowest BCUT2D eigenvalue weighted by Gasteiger charge is -2.22. The van der Waals surface area contributed by atoms with Crippen LogP contribution in [0.15, 0.2) is 22.4 Å². The van der Waals surface area contributed by atoms with Gasteiger partial charge < -0.3 is 10.1 Å². The van der Waals surface area contributed by atoms with E-state index >= 15 is 0 Å². The predicted octanol–water partition coefficient (Wildman–Crippen LogP) is 1.80. The minimum absolute atomic E-state index is 0.0155. The van der Waals surface area contributed by atoms with Crippen LogP contribution in [0.2, 0.25) is 0 Å². The molecular weight excluding hydrogens is 274 g/mol. The maximum atomic E-state index is 11.9. The standard InChI is InChI=1S/C14H19N3O2S/c1-2-11(12-4-3-6-19-12)15-9-10-8-13(18)17-5-7-20-14(17)16-10/h5,7-8,11-12,15H,2-4,6,9H2,1H3/t11-,12-/m0/s1. The Labute approximate surface area is 121 Å². The molecule has 108 valence electrons. The number of nitrogens with one attached hydrogen (secondary N) is 1. The Hall–Kier alpha value is -1.24. The quantitative estimate of drug-likeness (QED) is 0.913. The molecule has 2 aromatic rings.